The number of hydrogen-bond donors (Lipinski definition) is 0. The lowest BCUT2D eigenvalue weighted by molar-refractivity contribution is -0.137. The first kappa shape index (κ1) is 29.2. The zero-order chi connectivity index (χ0) is 28.0. The number of alkyl halides is 3. The molecule has 0 N–H and O–H groups in total. The minimum absolute atomic E-state index is 0.0744. The van der Waals surface area contributed by atoms with Crippen LogP contribution in [0, 0.1) is 5.92 Å². The molecule has 0 aromatic heterocycles. The number of rotatable bonds is 8. The van der Waals surface area contributed by atoms with Crippen molar-refractivity contribution in [1.82, 2.24) is 14.1 Å². The Kier molecular flexibility index (Phi) is 9.39. The van der Waals surface area contributed by atoms with E-state index in [1.807, 2.05) is 24.3 Å². The van der Waals surface area contributed by atoms with Crippen molar-refractivity contribution in [3.63, 3.8) is 0 Å². The van der Waals surface area contributed by atoms with Gasteiger partial charge in [-0.15, -0.1) is 0 Å². The van der Waals surface area contributed by atoms with Crippen LogP contribution in [0.3, 0.4) is 0 Å². The van der Waals surface area contributed by atoms with Crippen molar-refractivity contribution in [1.29, 1.82) is 0 Å². The van der Waals surface area contributed by atoms with Gasteiger partial charge in [-0.25, -0.2) is 13.2 Å². The molecule has 0 radical (unpaired) electrons. The van der Waals surface area contributed by atoms with E-state index < -0.39 is 21.8 Å². The number of nitrogens with zero attached hydrogens (tertiary/aromatic N) is 3. The average molecular weight is 570 g/mol. The molecule has 2 fully saturated rings. The fourth-order valence-corrected chi connectivity index (χ4v) is 6.43. The number of carbonyl (C=O) groups excluding carboxylic acids is 1. The summed E-state index contributed by atoms with van der Waals surface area (Å²) in [6.45, 7) is 6.45. The Morgan fingerprint density at radius 1 is 1.03 bits per heavy atom. The van der Waals surface area contributed by atoms with Crippen molar-refractivity contribution >= 4 is 16.1 Å². The Balaban J connectivity index is 1.27. The largest absolute Gasteiger partial charge is 0.493 e. The standard InChI is InChI=1S/C27H34F3N3O5S/c1-2-37-26(34)32-15-13-31(14-16-32)18-21-8-10-24(11-9-21)38-20-22-5-4-12-33(19-22)39(35,36)25-7-3-6-23(17-25)27(28,29)30/h3,6-11,17,22H,2,4-5,12-16,18-20H2,1H3/t22-/m1/s1. The summed E-state index contributed by atoms with van der Waals surface area (Å²) in [4.78, 5) is 15.5. The molecule has 2 aliphatic heterocycles. The molecule has 0 bridgehead atoms. The van der Waals surface area contributed by atoms with E-state index in [9.17, 15) is 26.4 Å². The highest BCUT2D eigenvalue weighted by Gasteiger charge is 2.34. The van der Waals surface area contributed by atoms with Gasteiger partial charge in [0.25, 0.3) is 0 Å². The van der Waals surface area contributed by atoms with Crippen LogP contribution in [0.1, 0.15) is 30.9 Å². The summed E-state index contributed by atoms with van der Waals surface area (Å²) in [5.41, 5.74) is 0.130. The molecule has 2 saturated heterocycles. The maximum absolute atomic E-state index is 13.1. The van der Waals surface area contributed by atoms with E-state index in [2.05, 4.69) is 4.90 Å². The second-order valence-electron chi connectivity index (χ2n) is 9.81. The maximum Gasteiger partial charge on any atom is 0.416 e. The Bertz CT molecular complexity index is 1220. The molecule has 214 valence electrons. The molecule has 8 nitrogen and oxygen atoms in total. The Morgan fingerprint density at radius 3 is 2.41 bits per heavy atom. The smallest absolute Gasteiger partial charge is 0.416 e. The lowest BCUT2D eigenvalue weighted by atomic mass is 10.0. The molecule has 39 heavy (non-hydrogen) atoms. The first-order chi connectivity index (χ1) is 18.6. The van der Waals surface area contributed by atoms with Crippen molar-refractivity contribution in [2.24, 2.45) is 5.92 Å². The van der Waals surface area contributed by atoms with Gasteiger partial charge in [0.1, 0.15) is 5.75 Å². The third-order valence-corrected chi connectivity index (χ3v) is 8.86. The van der Waals surface area contributed by atoms with Crippen LogP contribution in [-0.2, 0) is 27.5 Å². The van der Waals surface area contributed by atoms with E-state index in [4.69, 9.17) is 9.47 Å². The Hall–Kier alpha value is -2.83. The maximum atomic E-state index is 13.1. The third-order valence-electron chi connectivity index (χ3n) is 6.99. The zero-order valence-electron chi connectivity index (χ0n) is 21.9. The monoisotopic (exact) mass is 569 g/mol. The van der Waals surface area contributed by atoms with Crippen LogP contribution in [0.25, 0.3) is 0 Å². The van der Waals surface area contributed by atoms with Gasteiger partial charge in [0, 0.05) is 51.7 Å². The first-order valence-corrected chi connectivity index (χ1v) is 14.5. The van der Waals surface area contributed by atoms with E-state index in [1.54, 1.807) is 11.8 Å². The lowest BCUT2D eigenvalue weighted by Crippen LogP contribution is -2.48. The van der Waals surface area contributed by atoms with E-state index >= 15 is 0 Å². The number of ether oxygens (including phenoxy) is 2. The minimum Gasteiger partial charge on any atom is -0.493 e. The molecule has 1 amide bonds. The highest BCUT2D eigenvalue weighted by molar-refractivity contribution is 7.89. The molecular formula is C27H34F3N3O5S. The SMILES string of the molecule is CCOC(=O)N1CCN(Cc2ccc(OC[C@@H]3CCCN(S(=O)(=O)c4cccc(C(F)(F)F)c4)C3)cc2)CC1. The van der Waals surface area contributed by atoms with Gasteiger partial charge in [0.2, 0.25) is 10.0 Å². The second-order valence-corrected chi connectivity index (χ2v) is 11.8. The van der Waals surface area contributed by atoms with Gasteiger partial charge in [-0.05, 0) is 55.7 Å². The molecule has 4 rings (SSSR count). The molecular weight excluding hydrogens is 535 g/mol. The predicted molar refractivity (Wildman–Crippen MR) is 139 cm³/mol. The molecule has 0 unspecified atom stereocenters. The summed E-state index contributed by atoms with van der Waals surface area (Å²) in [6.07, 6.45) is -3.51. The van der Waals surface area contributed by atoms with Crippen LogP contribution in [0.2, 0.25) is 0 Å². The van der Waals surface area contributed by atoms with Gasteiger partial charge >= 0.3 is 12.3 Å². The summed E-state index contributed by atoms with van der Waals surface area (Å²) < 4.78 is 77.6. The predicted octanol–water partition coefficient (Wildman–Crippen LogP) is 4.46. The molecule has 2 aliphatic rings. The lowest BCUT2D eigenvalue weighted by Gasteiger charge is -2.34. The molecule has 1 atom stereocenters. The molecule has 2 aromatic rings. The number of piperidine rings is 1. The number of piperazine rings is 1. The van der Waals surface area contributed by atoms with E-state index in [0.717, 1.165) is 43.8 Å². The first-order valence-electron chi connectivity index (χ1n) is 13.1. The molecule has 0 saturated carbocycles. The van der Waals surface area contributed by atoms with Crippen molar-refractivity contribution < 1.29 is 35.9 Å². The van der Waals surface area contributed by atoms with E-state index in [1.165, 1.54) is 10.4 Å². The van der Waals surface area contributed by atoms with E-state index in [-0.39, 0.29) is 30.0 Å². The summed E-state index contributed by atoms with van der Waals surface area (Å²) in [7, 11) is -4.05. The van der Waals surface area contributed by atoms with Crippen molar-refractivity contribution in [3.05, 3.63) is 59.7 Å². The van der Waals surface area contributed by atoms with Crippen molar-refractivity contribution in [2.45, 2.75) is 37.4 Å². The highest BCUT2D eigenvalue weighted by Crippen LogP contribution is 2.32. The molecule has 2 aromatic carbocycles. The normalized spacial score (nSPS) is 19.6. The van der Waals surface area contributed by atoms with Gasteiger partial charge < -0.3 is 14.4 Å². The van der Waals surface area contributed by atoms with Crippen LogP contribution in [0.4, 0.5) is 18.0 Å². The van der Waals surface area contributed by atoms with Gasteiger partial charge in [-0.2, -0.15) is 17.5 Å². The van der Waals surface area contributed by atoms with Crippen LogP contribution in [0.15, 0.2) is 53.4 Å². The van der Waals surface area contributed by atoms with Crippen molar-refractivity contribution in [2.75, 3.05) is 52.5 Å². The fraction of sp³-hybridized carbons (Fsp3) is 0.519. The van der Waals surface area contributed by atoms with Crippen LogP contribution < -0.4 is 4.74 Å². The molecule has 0 spiro atoms. The minimum atomic E-state index is -4.61. The van der Waals surface area contributed by atoms with Crippen molar-refractivity contribution in [3.8, 4) is 5.75 Å². The number of carbonyl (C=O) groups is 1. The molecule has 0 aliphatic carbocycles. The third kappa shape index (κ3) is 7.64. The molecule has 2 heterocycles. The highest BCUT2D eigenvalue weighted by atomic mass is 32.2. The Morgan fingerprint density at radius 2 is 1.74 bits per heavy atom. The Labute approximate surface area is 227 Å². The topological polar surface area (TPSA) is 79.4 Å². The summed E-state index contributed by atoms with van der Waals surface area (Å²) in [5.74, 6) is 0.596. The summed E-state index contributed by atoms with van der Waals surface area (Å²) in [6, 6.07) is 11.6. The zero-order valence-corrected chi connectivity index (χ0v) is 22.7. The van der Waals surface area contributed by atoms with Crippen LogP contribution >= 0.6 is 0 Å². The fourth-order valence-electron chi connectivity index (χ4n) is 4.83. The van der Waals surface area contributed by atoms with Gasteiger partial charge in [0.05, 0.1) is 23.7 Å². The average Bonchev–Trinajstić information content (AvgIpc) is 2.93. The quantitative estimate of drug-likeness (QED) is 0.467. The summed E-state index contributed by atoms with van der Waals surface area (Å²) in [5, 5.41) is 0. The molecule has 12 heteroatoms. The number of amides is 1. The second kappa shape index (κ2) is 12.6. The van der Waals surface area contributed by atoms with Crippen LogP contribution in [-0.4, -0.2) is 81.1 Å². The van der Waals surface area contributed by atoms with Gasteiger partial charge in [-0.1, -0.05) is 18.2 Å². The van der Waals surface area contributed by atoms with Gasteiger partial charge in [0.15, 0.2) is 0 Å². The summed E-state index contributed by atoms with van der Waals surface area (Å²) >= 11 is 0. The number of halogens is 3. The number of sulfonamides is 1. The van der Waals surface area contributed by atoms with Crippen LogP contribution in [0.5, 0.6) is 5.75 Å². The van der Waals surface area contributed by atoms with E-state index in [0.29, 0.717) is 44.5 Å². The number of benzene rings is 2. The van der Waals surface area contributed by atoms with Gasteiger partial charge in [-0.3, -0.25) is 4.90 Å². The number of hydrogen-bond acceptors (Lipinski definition) is 6.